The summed E-state index contributed by atoms with van der Waals surface area (Å²) in [5, 5.41) is 0.354. The van der Waals surface area contributed by atoms with Crippen LogP contribution >= 0.6 is 27.7 Å². The van der Waals surface area contributed by atoms with E-state index in [4.69, 9.17) is 5.73 Å². The maximum atomic E-state index is 5.91. The number of benzene rings is 2. The first-order valence-electron chi connectivity index (χ1n) is 6.32. The topological polar surface area (TPSA) is 26.0 Å². The van der Waals surface area contributed by atoms with Crippen LogP contribution in [0.2, 0.25) is 0 Å². The molecule has 0 saturated carbocycles. The number of thioether (sulfide) groups is 1. The average molecular weight is 336 g/mol. The third kappa shape index (κ3) is 4.10. The second-order valence-corrected chi connectivity index (χ2v) is 6.62. The maximum Gasteiger partial charge on any atom is 0.0423 e. The molecule has 0 bridgehead atoms. The molecule has 2 aromatic rings. The number of nitrogens with two attached hydrogens (primary N) is 1. The third-order valence-corrected chi connectivity index (χ3v) is 5.03. The summed E-state index contributed by atoms with van der Waals surface area (Å²) in [7, 11) is 0. The molecule has 0 amide bonds. The molecule has 2 rings (SSSR count). The third-order valence-electron chi connectivity index (χ3n) is 3.16. The summed E-state index contributed by atoms with van der Waals surface area (Å²) in [4.78, 5) is 0. The zero-order chi connectivity index (χ0) is 13.7. The predicted octanol–water partition coefficient (Wildman–Crippen LogP) is 4.69. The van der Waals surface area contributed by atoms with E-state index in [2.05, 4.69) is 71.4 Å². The van der Waals surface area contributed by atoms with Crippen LogP contribution in [-0.4, -0.2) is 6.54 Å². The van der Waals surface area contributed by atoms with Gasteiger partial charge in [0.05, 0.1) is 0 Å². The Kier molecular flexibility index (Phi) is 5.49. The van der Waals surface area contributed by atoms with Gasteiger partial charge in [0.25, 0.3) is 0 Å². The molecule has 3 heteroatoms. The number of halogens is 1. The van der Waals surface area contributed by atoms with Crippen molar-refractivity contribution in [3.05, 3.63) is 69.7 Å². The maximum absolute atomic E-state index is 5.91. The molecular weight excluding hydrogens is 318 g/mol. The van der Waals surface area contributed by atoms with Crippen LogP contribution in [0.5, 0.6) is 0 Å². The van der Waals surface area contributed by atoms with Crippen molar-refractivity contribution in [3.63, 3.8) is 0 Å². The smallest absolute Gasteiger partial charge is 0.0423 e. The fourth-order valence-corrected chi connectivity index (χ4v) is 3.39. The van der Waals surface area contributed by atoms with E-state index in [0.717, 1.165) is 10.2 Å². The van der Waals surface area contributed by atoms with Gasteiger partial charge in [-0.25, -0.2) is 0 Å². The minimum Gasteiger partial charge on any atom is -0.329 e. The summed E-state index contributed by atoms with van der Waals surface area (Å²) in [6.07, 6.45) is 0. The SMILES string of the molecule is Cc1ccccc1CSC(CN)c1ccc(Br)cc1. The van der Waals surface area contributed by atoms with Gasteiger partial charge in [-0.1, -0.05) is 52.3 Å². The molecule has 0 spiro atoms. The Morgan fingerprint density at radius 1 is 1.11 bits per heavy atom. The van der Waals surface area contributed by atoms with Crippen molar-refractivity contribution >= 4 is 27.7 Å². The summed E-state index contributed by atoms with van der Waals surface area (Å²) in [6, 6.07) is 17.0. The van der Waals surface area contributed by atoms with Gasteiger partial charge in [0.1, 0.15) is 0 Å². The average Bonchev–Trinajstić information content (AvgIpc) is 2.43. The standard InChI is InChI=1S/C16H18BrNS/c1-12-4-2-3-5-14(12)11-19-16(10-18)13-6-8-15(17)9-7-13/h2-9,16H,10-11,18H2,1H3. The summed E-state index contributed by atoms with van der Waals surface area (Å²) in [5.41, 5.74) is 9.95. The second-order valence-electron chi connectivity index (χ2n) is 4.51. The van der Waals surface area contributed by atoms with E-state index in [1.54, 1.807) is 0 Å². The minimum atomic E-state index is 0.354. The molecule has 0 aliphatic heterocycles. The molecule has 0 aliphatic carbocycles. The fourth-order valence-electron chi connectivity index (χ4n) is 1.94. The zero-order valence-corrected chi connectivity index (χ0v) is 13.4. The Hall–Kier alpha value is -0.770. The van der Waals surface area contributed by atoms with E-state index in [1.807, 2.05) is 11.8 Å². The lowest BCUT2D eigenvalue weighted by Crippen LogP contribution is -2.09. The number of hydrogen-bond donors (Lipinski definition) is 1. The number of rotatable bonds is 5. The lowest BCUT2D eigenvalue weighted by Gasteiger charge is -2.16. The van der Waals surface area contributed by atoms with Crippen LogP contribution in [0, 0.1) is 6.92 Å². The predicted molar refractivity (Wildman–Crippen MR) is 88.4 cm³/mol. The Morgan fingerprint density at radius 3 is 2.42 bits per heavy atom. The molecule has 2 aromatic carbocycles. The van der Waals surface area contributed by atoms with E-state index >= 15 is 0 Å². The largest absolute Gasteiger partial charge is 0.329 e. The van der Waals surface area contributed by atoms with Crippen molar-refractivity contribution in [1.82, 2.24) is 0 Å². The van der Waals surface area contributed by atoms with Crippen molar-refractivity contribution in [2.75, 3.05) is 6.54 Å². The quantitative estimate of drug-likeness (QED) is 0.857. The highest BCUT2D eigenvalue weighted by Crippen LogP contribution is 2.31. The lowest BCUT2D eigenvalue weighted by atomic mass is 10.1. The monoisotopic (exact) mass is 335 g/mol. The zero-order valence-electron chi connectivity index (χ0n) is 11.0. The molecule has 1 unspecified atom stereocenters. The molecule has 0 saturated heterocycles. The van der Waals surface area contributed by atoms with Crippen molar-refractivity contribution < 1.29 is 0 Å². The molecule has 0 aliphatic rings. The fraction of sp³-hybridized carbons (Fsp3) is 0.250. The van der Waals surface area contributed by atoms with Crippen molar-refractivity contribution in [1.29, 1.82) is 0 Å². The van der Waals surface area contributed by atoms with Gasteiger partial charge in [-0.05, 0) is 35.7 Å². The van der Waals surface area contributed by atoms with Gasteiger partial charge in [-0.3, -0.25) is 0 Å². The van der Waals surface area contributed by atoms with Crippen molar-refractivity contribution in [2.24, 2.45) is 5.73 Å². The first-order valence-corrected chi connectivity index (χ1v) is 8.16. The van der Waals surface area contributed by atoms with E-state index in [1.165, 1.54) is 16.7 Å². The second kappa shape index (κ2) is 7.13. The van der Waals surface area contributed by atoms with Gasteiger partial charge in [0.2, 0.25) is 0 Å². The summed E-state index contributed by atoms with van der Waals surface area (Å²) >= 11 is 5.37. The van der Waals surface area contributed by atoms with Crippen LogP contribution in [-0.2, 0) is 5.75 Å². The first kappa shape index (κ1) is 14.6. The van der Waals surface area contributed by atoms with E-state index in [-0.39, 0.29) is 0 Å². The number of hydrogen-bond acceptors (Lipinski definition) is 2. The van der Waals surface area contributed by atoms with E-state index < -0.39 is 0 Å². The normalized spacial score (nSPS) is 12.4. The molecule has 2 N–H and O–H groups in total. The Labute approximate surface area is 127 Å². The van der Waals surface area contributed by atoms with Crippen LogP contribution in [0.4, 0.5) is 0 Å². The summed E-state index contributed by atoms with van der Waals surface area (Å²) < 4.78 is 1.11. The van der Waals surface area contributed by atoms with Gasteiger partial charge in [-0.2, -0.15) is 0 Å². The van der Waals surface area contributed by atoms with Crippen LogP contribution < -0.4 is 5.73 Å². The highest BCUT2D eigenvalue weighted by atomic mass is 79.9. The van der Waals surface area contributed by atoms with Gasteiger partial charge in [0.15, 0.2) is 0 Å². The summed E-state index contributed by atoms with van der Waals surface area (Å²) in [5.74, 6) is 1.00. The Bertz CT molecular complexity index is 525. The molecule has 0 fully saturated rings. The van der Waals surface area contributed by atoms with Crippen molar-refractivity contribution in [2.45, 2.75) is 17.9 Å². The molecule has 100 valence electrons. The lowest BCUT2D eigenvalue weighted by molar-refractivity contribution is 0.940. The minimum absolute atomic E-state index is 0.354. The molecule has 19 heavy (non-hydrogen) atoms. The molecule has 1 atom stereocenters. The van der Waals surface area contributed by atoms with Crippen LogP contribution in [0.3, 0.4) is 0 Å². The van der Waals surface area contributed by atoms with Gasteiger partial charge in [-0.15, -0.1) is 11.8 Å². The highest BCUT2D eigenvalue weighted by molar-refractivity contribution is 9.10. The molecule has 0 heterocycles. The first-order chi connectivity index (χ1) is 9.20. The molecule has 1 nitrogen and oxygen atoms in total. The van der Waals surface area contributed by atoms with Gasteiger partial charge < -0.3 is 5.73 Å². The van der Waals surface area contributed by atoms with Crippen LogP contribution in [0.1, 0.15) is 21.9 Å². The highest BCUT2D eigenvalue weighted by Gasteiger charge is 2.10. The Morgan fingerprint density at radius 2 is 1.79 bits per heavy atom. The number of aryl methyl sites for hydroxylation is 1. The van der Waals surface area contributed by atoms with Gasteiger partial charge >= 0.3 is 0 Å². The van der Waals surface area contributed by atoms with Crippen LogP contribution in [0.15, 0.2) is 53.0 Å². The molecule has 0 aromatic heterocycles. The van der Waals surface area contributed by atoms with E-state index in [9.17, 15) is 0 Å². The van der Waals surface area contributed by atoms with Gasteiger partial charge in [0, 0.05) is 22.0 Å². The Balaban J connectivity index is 2.04. The van der Waals surface area contributed by atoms with Crippen LogP contribution in [0.25, 0.3) is 0 Å². The summed E-state index contributed by atoms with van der Waals surface area (Å²) in [6.45, 7) is 2.82. The molecular formula is C16H18BrNS. The van der Waals surface area contributed by atoms with E-state index in [0.29, 0.717) is 11.8 Å². The van der Waals surface area contributed by atoms with Crippen molar-refractivity contribution in [3.8, 4) is 0 Å². The molecule has 0 radical (unpaired) electrons.